The molecule has 0 aromatic carbocycles. The van der Waals surface area contributed by atoms with Crippen molar-refractivity contribution in [2.24, 2.45) is 0 Å². The Kier molecular flexibility index (Phi) is 5.24. The van der Waals surface area contributed by atoms with E-state index in [0.29, 0.717) is 0 Å². The summed E-state index contributed by atoms with van der Waals surface area (Å²) in [7, 11) is 2.20. The van der Waals surface area contributed by atoms with E-state index in [1.165, 1.54) is 18.5 Å². The number of nitrogens with one attached hydrogen (secondary N) is 1. The maximum atomic E-state index is 5.70. The Balaban J connectivity index is 1.91. The van der Waals surface area contributed by atoms with Gasteiger partial charge in [-0.25, -0.2) is 0 Å². The van der Waals surface area contributed by atoms with Crippen molar-refractivity contribution in [2.75, 3.05) is 33.2 Å². The van der Waals surface area contributed by atoms with Crippen molar-refractivity contribution in [1.29, 1.82) is 0 Å². The first-order chi connectivity index (χ1) is 9.44. The molecule has 0 saturated carbocycles. The van der Waals surface area contributed by atoms with Crippen LogP contribution in [-0.4, -0.2) is 48.6 Å². The highest BCUT2D eigenvalue weighted by atomic mass is 16.3. The van der Waals surface area contributed by atoms with Gasteiger partial charge in [0.05, 0.1) is 12.8 Å². The molecular weight excluding hydrogens is 250 g/mol. The fraction of sp³-hybridized carbons (Fsp3) is 0.750. The van der Waals surface area contributed by atoms with Gasteiger partial charge in [-0.2, -0.15) is 0 Å². The van der Waals surface area contributed by atoms with E-state index in [-0.39, 0.29) is 5.54 Å². The summed E-state index contributed by atoms with van der Waals surface area (Å²) in [4.78, 5) is 4.91. The normalized spacial score (nSPS) is 19.2. The molecular formula is C16H29N3O. The van der Waals surface area contributed by atoms with Crippen molar-refractivity contribution < 1.29 is 4.42 Å². The highest BCUT2D eigenvalue weighted by molar-refractivity contribution is 5.17. The maximum absolute atomic E-state index is 5.70. The van der Waals surface area contributed by atoms with Crippen LogP contribution in [0.25, 0.3) is 0 Å². The Morgan fingerprint density at radius 1 is 1.20 bits per heavy atom. The third kappa shape index (κ3) is 4.93. The van der Waals surface area contributed by atoms with Gasteiger partial charge >= 0.3 is 0 Å². The first kappa shape index (κ1) is 15.5. The lowest BCUT2D eigenvalue weighted by atomic mass is 10.1. The van der Waals surface area contributed by atoms with Crippen LogP contribution in [0.15, 0.2) is 16.7 Å². The van der Waals surface area contributed by atoms with Gasteiger partial charge < -0.3 is 14.6 Å². The Labute approximate surface area is 123 Å². The minimum Gasteiger partial charge on any atom is -0.468 e. The lowest BCUT2D eigenvalue weighted by molar-refractivity contribution is 0.247. The fourth-order valence-corrected chi connectivity index (χ4v) is 2.48. The van der Waals surface area contributed by atoms with E-state index in [1.54, 1.807) is 0 Å². The van der Waals surface area contributed by atoms with Crippen molar-refractivity contribution in [2.45, 2.75) is 45.8 Å². The summed E-state index contributed by atoms with van der Waals surface area (Å²) in [5.41, 5.74) is 1.43. The molecule has 0 unspecified atom stereocenters. The Hall–Kier alpha value is -0.840. The zero-order chi connectivity index (χ0) is 14.6. The molecule has 1 saturated heterocycles. The number of furan rings is 1. The highest BCUT2D eigenvalue weighted by Crippen LogP contribution is 2.15. The summed E-state index contributed by atoms with van der Waals surface area (Å²) in [6.45, 7) is 13.0. The van der Waals surface area contributed by atoms with Gasteiger partial charge in [0.2, 0.25) is 0 Å². The highest BCUT2D eigenvalue weighted by Gasteiger charge is 2.17. The zero-order valence-corrected chi connectivity index (χ0v) is 13.4. The summed E-state index contributed by atoms with van der Waals surface area (Å²) >= 11 is 0. The summed E-state index contributed by atoms with van der Waals surface area (Å²) in [5.74, 6) is 1.12. The Morgan fingerprint density at radius 2 is 2.00 bits per heavy atom. The van der Waals surface area contributed by atoms with E-state index in [1.807, 2.05) is 6.26 Å². The largest absolute Gasteiger partial charge is 0.468 e. The quantitative estimate of drug-likeness (QED) is 0.916. The van der Waals surface area contributed by atoms with E-state index in [9.17, 15) is 0 Å². The molecule has 0 amide bonds. The summed E-state index contributed by atoms with van der Waals surface area (Å²) in [6.07, 6.45) is 3.06. The third-order valence-corrected chi connectivity index (χ3v) is 3.83. The van der Waals surface area contributed by atoms with Crippen LogP contribution in [0, 0.1) is 0 Å². The SMILES string of the molecule is CN1CCCN(Cc2occc2CNC(C)(C)C)CC1. The molecule has 4 nitrogen and oxygen atoms in total. The number of hydrogen-bond acceptors (Lipinski definition) is 4. The van der Waals surface area contributed by atoms with Crippen LogP contribution >= 0.6 is 0 Å². The number of likely N-dealkylation sites (N-methyl/N-ethyl adjacent to an activating group) is 1. The van der Waals surface area contributed by atoms with Crippen LogP contribution in [0.4, 0.5) is 0 Å². The number of hydrogen-bond donors (Lipinski definition) is 1. The molecule has 0 bridgehead atoms. The summed E-state index contributed by atoms with van der Waals surface area (Å²) < 4.78 is 5.70. The van der Waals surface area contributed by atoms with Gasteiger partial charge in [0.1, 0.15) is 5.76 Å². The molecule has 2 heterocycles. The lowest BCUT2D eigenvalue weighted by Crippen LogP contribution is -2.35. The molecule has 1 N–H and O–H groups in total. The monoisotopic (exact) mass is 279 g/mol. The van der Waals surface area contributed by atoms with E-state index >= 15 is 0 Å². The van der Waals surface area contributed by atoms with Crippen LogP contribution in [0.5, 0.6) is 0 Å². The van der Waals surface area contributed by atoms with Crippen LogP contribution in [0.2, 0.25) is 0 Å². The minimum atomic E-state index is 0.139. The fourth-order valence-electron chi connectivity index (χ4n) is 2.48. The van der Waals surface area contributed by atoms with Gasteiger partial charge in [-0.1, -0.05) is 0 Å². The maximum Gasteiger partial charge on any atom is 0.122 e. The molecule has 1 aliphatic rings. The molecule has 1 fully saturated rings. The molecule has 1 aliphatic heterocycles. The second-order valence-corrected chi connectivity index (χ2v) is 6.91. The summed E-state index contributed by atoms with van der Waals surface area (Å²) in [5, 5.41) is 3.53. The third-order valence-electron chi connectivity index (χ3n) is 3.83. The molecule has 1 aromatic rings. The topological polar surface area (TPSA) is 31.6 Å². The van der Waals surface area contributed by atoms with Gasteiger partial charge in [-0.3, -0.25) is 4.90 Å². The van der Waals surface area contributed by atoms with Gasteiger partial charge in [-0.15, -0.1) is 0 Å². The lowest BCUT2D eigenvalue weighted by Gasteiger charge is -2.22. The van der Waals surface area contributed by atoms with Gasteiger partial charge in [0.15, 0.2) is 0 Å². The van der Waals surface area contributed by atoms with Crippen molar-refractivity contribution >= 4 is 0 Å². The van der Waals surface area contributed by atoms with Crippen molar-refractivity contribution in [1.82, 2.24) is 15.1 Å². The molecule has 114 valence electrons. The van der Waals surface area contributed by atoms with Crippen LogP contribution in [-0.2, 0) is 13.1 Å². The van der Waals surface area contributed by atoms with E-state index < -0.39 is 0 Å². The molecule has 0 radical (unpaired) electrons. The van der Waals surface area contributed by atoms with Crippen LogP contribution < -0.4 is 5.32 Å². The average Bonchev–Trinajstić information content (AvgIpc) is 2.69. The summed E-state index contributed by atoms with van der Waals surface area (Å²) in [6, 6.07) is 2.10. The zero-order valence-electron chi connectivity index (χ0n) is 13.4. The molecule has 1 aromatic heterocycles. The van der Waals surface area contributed by atoms with Gasteiger partial charge in [0.25, 0.3) is 0 Å². The molecule has 2 rings (SSSR count). The van der Waals surface area contributed by atoms with Crippen molar-refractivity contribution in [3.8, 4) is 0 Å². The van der Waals surface area contributed by atoms with Crippen molar-refractivity contribution in [3.05, 3.63) is 23.7 Å². The number of rotatable bonds is 4. The smallest absolute Gasteiger partial charge is 0.122 e. The second kappa shape index (κ2) is 6.74. The second-order valence-electron chi connectivity index (χ2n) is 6.91. The van der Waals surface area contributed by atoms with E-state index in [0.717, 1.165) is 38.5 Å². The van der Waals surface area contributed by atoms with Gasteiger partial charge in [-0.05, 0) is 53.4 Å². The first-order valence-corrected chi connectivity index (χ1v) is 7.65. The first-order valence-electron chi connectivity index (χ1n) is 7.65. The van der Waals surface area contributed by atoms with Crippen molar-refractivity contribution in [3.63, 3.8) is 0 Å². The predicted octanol–water partition coefficient (Wildman–Crippen LogP) is 2.31. The van der Waals surface area contributed by atoms with E-state index in [4.69, 9.17) is 4.42 Å². The Bertz CT molecular complexity index is 408. The predicted molar refractivity (Wildman–Crippen MR) is 82.7 cm³/mol. The van der Waals surface area contributed by atoms with Gasteiger partial charge in [0, 0.05) is 30.7 Å². The van der Waals surface area contributed by atoms with E-state index in [2.05, 4.69) is 49.0 Å². The standard InChI is InChI=1S/C16H29N3O/c1-16(2,3)17-12-14-6-11-20-15(14)13-19-8-5-7-18(4)9-10-19/h6,11,17H,5,7-10,12-13H2,1-4H3. The molecule has 0 atom stereocenters. The minimum absolute atomic E-state index is 0.139. The molecule has 0 aliphatic carbocycles. The average molecular weight is 279 g/mol. The number of nitrogens with zero attached hydrogens (tertiary/aromatic N) is 2. The Morgan fingerprint density at radius 3 is 2.75 bits per heavy atom. The van der Waals surface area contributed by atoms with Crippen LogP contribution in [0.3, 0.4) is 0 Å². The molecule has 20 heavy (non-hydrogen) atoms. The van der Waals surface area contributed by atoms with Crippen LogP contribution in [0.1, 0.15) is 38.5 Å². The molecule has 4 heteroatoms. The molecule has 0 spiro atoms.